The zero-order valence-corrected chi connectivity index (χ0v) is 16.6. The number of ether oxygens (including phenoxy) is 1. The number of sulfonamides is 1. The first-order valence-corrected chi connectivity index (χ1v) is 10.4. The molecule has 0 radical (unpaired) electrons. The van der Waals surface area contributed by atoms with Gasteiger partial charge in [0.05, 0.1) is 9.82 Å². The van der Waals surface area contributed by atoms with Gasteiger partial charge in [-0.15, -0.1) is 0 Å². The van der Waals surface area contributed by atoms with Crippen LogP contribution in [0.1, 0.15) is 0 Å². The summed E-state index contributed by atoms with van der Waals surface area (Å²) >= 11 is 0. The van der Waals surface area contributed by atoms with Crippen LogP contribution in [0.2, 0.25) is 0 Å². The van der Waals surface area contributed by atoms with Gasteiger partial charge in [0.15, 0.2) is 0 Å². The van der Waals surface area contributed by atoms with Crippen molar-refractivity contribution in [2.75, 3.05) is 4.72 Å². The van der Waals surface area contributed by atoms with E-state index in [2.05, 4.69) is 14.7 Å². The summed E-state index contributed by atoms with van der Waals surface area (Å²) in [4.78, 5) is 18.3. The smallest absolute Gasteiger partial charge is 0.269 e. The van der Waals surface area contributed by atoms with E-state index in [-0.39, 0.29) is 10.6 Å². The highest BCUT2D eigenvalue weighted by Gasteiger charge is 2.16. The Labute approximate surface area is 177 Å². The molecule has 0 aliphatic carbocycles. The third kappa shape index (κ3) is 4.67. The summed E-state index contributed by atoms with van der Waals surface area (Å²) in [6.45, 7) is 0. The number of non-ortho nitro benzene ring substituents is 1. The van der Waals surface area contributed by atoms with E-state index in [1.165, 1.54) is 30.6 Å². The molecule has 0 fully saturated rings. The lowest BCUT2D eigenvalue weighted by Gasteiger charge is -2.10. The third-order valence-electron chi connectivity index (χ3n) is 4.18. The summed E-state index contributed by atoms with van der Waals surface area (Å²) in [5, 5.41) is 10.7. The second-order valence-electron chi connectivity index (χ2n) is 6.29. The van der Waals surface area contributed by atoms with E-state index in [1.54, 1.807) is 18.2 Å². The fourth-order valence-corrected chi connectivity index (χ4v) is 3.75. The number of benzene rings is 2. The van der Waals surface area contributed by atoms with Gasteiger partial charge >= 0.3 is 0 Å². The van der Waals surface area contributed by atoms with Crippen LogP contribution in [0.3, 0.4) is 0 Å². The van der Waals surface area contributed by atoms with Crippen LogP contribution >= 0.6 is 0 Å². The van der Waals surface area contributed by atoms with Gasteiger partial charge in [0.2, 0.25) is 5.88 Å². The van der Waals surface area contributed by atoms with Gasteiger partial charge in [-0.1, -0.05) is 0 Å². The van der Waals surface area contributed by atoms with Crippen LogP contribution in [0.15, 0.2) is 90.3 Å². The molecule has 0 saturated carbocycles. The molecular formula is C20H15N5O5S. The molecule has 0 amide bonds. The van der Waals surface area contributed by atoms with E-state index in [1.807, 2.05) is 29.1 Å². The van der Waals surface area contributed by atoms with Crippen LogP contribution in [-0.2, 0) is 10.0 Å². The Balaban J connectivity index is 1.46. The van der Waals surface area contributed by atoms with Gasteiger partial charge in [-0.05, 0) is 48.5 Å². The van der Waals surface area contributed by atoms with E-state index < -0.39 is 14.9 Å². The van der Waals surface area contributed by atoms with Crippen LogP contribution in [0.5, 0.6) is 11.6 Å². The SMILES string of the molecule is O=[N+]([O-])c1ccc(S(=O)(=O)Nc2ccc(Oc3cc(-n4cccc4)ncn3)cc2)cc1. The third-order valence-corrected chi connectivity index (χ3v) is 5.58. The lowest BCUT2D eigenvalue weighted by Crippen LogP contribution is -2.12. The lowest BCUT2D eigenvalue weighted by atomic mass is 10.3. The summed E-state index contributed by atoms with van der Waals surface area (Å²) in [6.07, 6.45) is 5.08. The molecule has 31 heavy (non-hydrogen) atoms. The maximum atomic E-state index is 12.5. The van der Waals surface area contributed by atoms with E-state index >= 15 is 0 Å². The second-order valence-corrected chi connectivity index (χ2v) is 7.97. The Morgan fingerprint density at radius 2 is 1.65 bits per heavy atom. The van der Waals surface area contributed by atoms with Crippen LogP contribution in [0.4, 0.5) is 11.4 Å². The molecule has 2 heterocycles. The number of nitro benzene ring substituents is 1. The van der Waals surface area contributed by atoms with Crippen molar-refractivity contribution in [3.05, 3.63) is 95.6 Å². The maximum absolute atomic E-state index is 12.5. The summed E-state index contributed by atoms with van der Waals surface area (Å²) in [5.74, 6) is 1.43. The van der Waals surface area contributed by atoms with E-state index in [4.69, 9.17) is 4.74 Å². The van der Waals surface area contributed by atoms with E-state index in [0.29, 0.717) is 23.1 Å². The van der Waals surface area contributed by atoms with E-state index in [9.17, 15) is 18.5 Å². The van der Waals surface area contributed by atoms with Crippen LogP contribution in [0.25, 0.3) is 5.82 Å². The first-order valence-electron chi connectivity index (χ1n) is 8.91. The van der Waals surface area contributed by atoms with Gasteiger partial charge in [-0.2, -0.15) is 0 Å². The van der Waals surface area contributed by atoms with Gasteiger partial charge < -0.3 is 9.30 Å². The fraction of sp³-hybridized carbons (Fsp3) is 0. The average Bonchev–Trinajstić information content (AvgIpc) is 3.30. The highest BCUT2D eigenvalue weighted by atomic mass is 32.2. The largest absolute Gasteiger partial charge is 0.439 e. The summed E-state index contributed by atoms with van der Waals surface area (Å²) in [5.41, 5.74) is 0.117. The summed E-state index contributed by atoms with van der Waals surface area (Å²) < 4.78 is 34.9. The monoisotopic (exact) mass is 437 g/mol. The number of nitro groups is 1. The van der Waals surface area contributed by atoms with Crippen molar-refractivity contribution >= 4 is 21.4 Å². The molecule has 2 aromatic carbocycles. The first-order chi connectivity index (χ1) is 14.9. The zero-order valence-electron chi connectivity index (χ0n) is 15.8. The van der Waals surface area contributed by atoms with Gasteiger partial charge in [-0.25, -0.2) is 18.4 Å². The molecule has 0 bridgehead atoms. The van der Waals surface area contributed by atoms with Crippen molar-refractivity contribution in [2.45, 2.75) is 4.90 Å². The number of hydrogen-bond acceptors (Lipinski definition) is 7. The van der Waals surface area contributed by atoms with Crippen LogP contribution in [0, 0.1) is 10.1 Å². The molecule has 0 aliphatic heterocycles. The van der Waals surface area contributed by atoms with E-state index in [0.717, 1.165) is 12.1 Å². The molecule has 0 spiro atoms. The molecule has 10 nitrogen and oxygen atoms in total. The quantitative estimate of drug-likeness (QED) is 0.344. The van der Waals surface area contributed by atoms with Crippen molar-refractivity contribution in [1.29, 1.82) is 0 Å². The van der Waals surface area contributed by atoms with Crippen molar-refractivity contribution in [3.63, 3.8) is 0 Å². The van der Waals surface area contributed by atoms with Crippen LogP contribution in [-0.4, -0.2) is 27.9 Å². The van der Waals surface area contributed by atoms with Crippen LogP contribution < -0.4 is 9.46 Å². The molecule has 1 N–H and O–H groups in total. The molecule has 4 rings (SSSR count). The Bertz CT molecular complexity index is 1310. The first kappa shape index (κ1) is 20.0. The van der Waals surface area contributed by atoms with Crippen molar-refractivity contribution < 1.29 is 18.1 Å². The van der Waals surface area contributed by atoms with Gasteiger partial charge in [0.1, 0.15) is 17.9 Å². The second kappa shape index (κ2) is 8.24. The number of aromatic nitrogens is 3. The standard InChI is InChI=1S/C20H15N5O5S/c26-25(27)16-5-9-18(10-6-16)31(28,29)23-15-3-7-17(8-4-15)30-20-13-19(21-14-22-20)24-11-1-2-12-24/h1-14,23H. The molecular weight excluding hydrogens is 422 g/mol. The maximum Gasteiger partial charge on any atom is 0.269 e. The molecule has 0 saturated heterocycles. The molecule has 156 valence electrons. The zero-order chi connectivity index (χ0) is 21.8. The lowest BCUT2D eigenvalue weighted by molar-refractivity contribution is -0.384. The fourth-order valence-electron chi connectivity index (χ4n) is 2.69. The Morgan fingerprint density at radius 3 is 2.29 bits per heavy atom. The van der Waals surface area contributed by atoms with Gasteiger partial charge in [0, 0.05) is 36.3 Å². The average molecular weight is 437 g/mol. The number of rotatable bonds is 7. The Morgan fingerprint density at radius 1 is 0.968 bits per heavy atom. The Kier molecular flexibility index (Phi) is 5.33. The highest BCUT2D eigenvalue weighted by molar-refractivity contribution is 7.92. The molecule has 11 heteroatoms. The molecule has 0 atom stereocenters. The highest BCUT2D eigenvalue weighted by Crippen LogP contribution is 2.24. The van der Waals surface area contributed by atoms with Gasteiger partial charge in [-0.3, -0.25) is 14.8 Å². The predicted octanol–water partition coefficient (Wildman–Crippen LogP) is 3.77. The number of anilines is 1. The molecule has 0 unspecified atom stereocenters. The summed E-state index contributed by atoms with van der Waals surface area (Å²) in [6, 6.07) is 16.3. The topological polar surface area (TPSA) is 129 Å². The van der Waals surface area contributed by atoms with Gasteiger partial charge in [0.25, 0.3) is 15.7 Å². The minimum atomic E-state index is -3.90. The van der Waals surface area contributed by atoms with Crippen molar-refractivity contribution in [1.82, 2.24) is 14.5 Å². The summed E-state index contributed by atoms with van der Waals surface area (Å²) in [7, 11) is -3.90. The predicted molar refractivity (Wildman–Crippen MR) is 112 cm³/mol. The molecule has 0 aliphatic rings. The number of nitrogens with zero attached hydrogens (tertiary/aromatic N) is 4. The van der Waals surface area contributed by atoms with Crippen molar-refractivity contribution in [2.24, 2.45) is 0 Å². The minimum Gasteiger partial charge on any atom is -0.439 e. The van der Waals surface area contributed by atoms with Crippen molar-refractivity contribution in [3.8, 4) is 17.4 Å². The number of hydrogen-bond donors (Lipinski definition) is 1. The molecule has 4 aromatic rings. The number of nitrogens with one attached hydrogen (secondary N) is 1. The minimum absolute atomic E-state index is 0.0862. The Hall–Kier alpha value is -4.25. The molecule has 2 aromatic heterocycles. The normalized spacial score (nSPS) is 11.1.